The van der Waals surface area contributed by atoms with Crippen LogP contribution in [-0.4, -0.2) is 21.9 Å². The molecule has 0 aromatic carbocycles. The van der Waals surface area contributed by atoms with Crippen molar-refractivity contribution in [2.45, 2.75) is 25.8 Å². The molecule has 0 bridgehead atoms. The maximum Gasteiger partial charge on any atom is 0.323 e. The largest absolute Gasteiger partial charge is 0.337 e. The molecule has 0 fully saturated rings. The Labute approximate surface area is 87.3 Å². The average molecular weight is 207 g/mol. The van der Waals surface area contributed by atoms with Gasteiger partial charge in [0.15, 0.2) is 0 Å². The van der Waals surface area contributed by atoms with Gasteiger partial charge in [-0.2, -0.15) is 0 Å². The second kappa shape index (κ2) is 5.05. The number of nitrogens with one attached hydrogen (secondary N) is 3. The smallest absolute Gasteiger partial charge is 0.323 e. The molecule has 0 radical (unpaired) electrons. The minimum absolute atomic E-state index is 0.191. The van der Waals surface area contributed by atoms with E-state index in [-0.39, 0.29) is 17.6 Å². The van der Waals surface area contributed by atoms with E-state index in [1.54, 1.807) is 0 Å². The zero-order valence-corrected chi connectivity index (χ0v) is 8.46. The molecule has 1 rings (SSSR count). The van der Waals surface area contributed by atoms with E-state index in [0.717, 1.165) is 12.8 Å². The second-order valence-corrected chi connectivity index (χ2v) is 3.14. The lowest BCUT2D eigenvalue weighted by atomic mass is 10.2. The Kier molecular flexibility index (Phi) is 3.75. The Morgan fingerprint density at radius 1 is 1.73 bits per heavy atom. The van der Waals surface area contributed by atoms with Crippen LogP contribution in [0.3, 0.4) is 0 Å². The van der Waals surface area contributed by atoms with Crippen LogP contribution in [0.4, 0.5) is 0 Å². The maximum atomic E-state index is 11.5. The lowest BCUT2D eigenvalue weighted by Gasteiger charge is -2.10. The van der Waals surface area contributed by atoms with Gasteiger partial charge in [-0.3, -0.25) is 4.79 Å². The summed E-state index contributed by atoms with van der Waals surface area (Å²) in [7, 11) is 0. The number of imidazole rings is 1. The Hall–Kier alpha value is -1.96. The third-order valence-electron chi connectivity index (χ3n) is 1.92. The molecule has 1 heterocycles. The zero-order valence-electron chi connectivity index (χ0n) is 8.46. The van der Waals surface area contributed by atoms with Crippen molar-refractivity contribution in [3.05, 3.63) is 22.4 Å². The van der Waals surface area contributed by atoms with Crippen molar-refractivity contribution in [1.29, 1.82) is 0 Å². The highest BCUT2D eigenvalue weighted by Gasteiger charge is 2.11. The van der Waals surface area contributed by atoms with Crippen LogP contribution in [0.25, 0.3) is 0 Å². The van der Waals surface area contributed by atoms with Gasteiger partial charge >= 0.3 is 5.69 Å². The van der Waals surface area contributed by atoms with Crippen molar-refractivity contribution >= 4 is 5.91 Å². The highest BCUT2D eigenvalue weighted by atomic mass is 16.2. The summed E-state index contributed by atoms with van der Waals surface area (Å²) in [4.78, 5) is 27.0. The minimum atomic E-state index is -0.409. The Bertz CT molecular complexity index is 424. The number of rotatable bonds is 4. The third-order valence-corrected chi connectivity index (χ3v) is 1.92. The lowest BCUT2D eigenvalue weighted by molar-refractivity contribution is 0.0939. The molecule has 0 spiro atoms. The van der Waals surface area contributed by atoms with Crippen LogP contribution in [0.1, 0.15) is 30.3 Å². The van der Waals surface area contributed by atoms with Crippen molar-refractivity contribution in [1.82, 2.24) is 15.3 Å². The molecule has 1 atom stereocenters. The molecular formula is C10H13N3O2. The summed E-state index contributed by atoms with van der Waals surface area (Å²) in [6.45, 7) is 1.98. The molecule has 3 N–H and O–H groups in total. The molecule has 0 aliphatic carbocycles. The van der Waals surface area contributed by atoms with Crippen LogP contribution in [0.15, 0.2) is 11.0 Å². The van der Waals surface area contributed by atoms with Crippen LogP contribution >= 0.6 is 0 Å². The van der Waals surface area contributed by atoms with Crippen molar-refractivity contribution in [2.75, 3.05) is 0 Å². The summed E-state index contributed by atoms with van der Waals surface area (Å²) in [6.07, 6.45) is 8.17. The molecule has 1 unspecified atom stereocenters. The van der Waals surface area contributed by atoms with E-state index in [9.17, 15) is 9.59 Å². The van der Waals surface area contributed by atoms with E-state index in [2.05, 4.69) is 21.2 Å². The molecule has 80 valence electrons. The normalized spacial score (nSPS) is 11.7. The van der Waals surface area contributed by atoms with Gasteiger partial charge in [-0.1, -0.05) is 19.3 Å². The SMILES string of the molecule is C#CC(CCC)NC(=O)c1c[nH]c(=O)[nH]1. The van der Waals surface area contributed by atoms with Crippen molar-refractivity contribution in [3.63, 3.8) is 0 Å². The lowest BCUT2D eigenvalue weighted by Crippen LogP contribution is -2.34. The van der Waals surface area contributed by atoms with Gasteiger partial charge in [0.05, 0.1) is 6.04 Å². The molecule has 5 nitrogen and oxygen atoms in total. The highest BCUT2D eigenvalue weighted by Crippen LogP contribution is 1.97. The predicted molar refractivity (Wildman–Crippen MR) is 56.4 cm³/mol. The van der Waals surface area contributed by atoms with Crippen LogP contribution in [0.5, 0.6) is 0 Å². The van der Waals surface area contributed by atoms with Gasteiger partial charge in [0.2, 0.25) is 0 Å². The number of amides is 1. The summed E-state index contributed by atoms with van der Waals surface area (Å²) in [5, 5.41) is 2.63. The van der Waals surface area contributed by atoms with E-state index in [1.807, 2.05) is 6.92 Å². The predicted octanol–water partition coefficient (Wildman–Crippen LogP) is 0.235. The van der Waals surface area contributed by atoms with Crippen LogP contribution in [-0.2, 0) is 0 Å². The maximum absolute atomic E-state index is 11.5. The second-order valence-electron chi connectivity index (χ2n) is 3.14. The van der Waals surface area contributed by atoms with Gasteiger partial charge in [0, 0.05) is 6.20 Å². The standard InChI is InChI=1S/C10H13N3O2/c1-3-5-7(4-2)12-9(14)8-6-11-10(15)13-8/h2,6-7H,3,5H2,1H3,(H,12,14)(H2,11,13,15). The Morgan fingerprint density at radius 2 is 2.47 bits per heavy atom. The fourth-order valence-corrected chi connectivity index (χ4v) is 1.18. The summed E-state index contributed by atoms with van der Waals surface area (Å²) >= 11 is 0. The summed E-state index contributed by atoms with van der Waals surface area (Å²) in [5.74, 6) is 2.11. The van der Waals surface area contributed by atoms with E-state index in [4.69, 9.17) is 6.42 Å². The average Bonchev–Trinajstić information content (AvgIpc) is 2.64. The molecule has 5 heteroatoms. The molecule has 0 aliphatic heterocycles. The van der Waals surface area contributed by atoms with Crippen LogP contribution in [0.2, 0.25) is 0 Å². The first-order valence-electron chi connectivity index (χ1n) is 4.72. The van der Waals surface area contributed by atoms with E-state index in [0.29, 0.717) is 0 Å². The highest BCUT2D eigenvalue weighted by molar-refractivity contribution is 5.92. The summed E-state index contributed by atoms with van der Waals surface area (Å²) in [6, 6.07) is -0.291. The first kappa shape index (κ1) is 11.1. The molecule has 0 saturated heterocycles. The number of hydrogen-bond acceptors (Lipinski definition) is 2. The van der Waals surface area contributed by atoms with E-state index < -0.39 is 5.69 Å². The van der Waals surface area contributed by atoms with Gasteiger partial charge in [0.1, 0.15) is 5.69 Å². The topological polar surface area (TPSA) is 77.8 Å². The number of H-pyrrole nitrogens is 2. The zero-order chi connectivity index (χ0) is 11.3. The fourth-order valence-electron chi connectivity index (χ4n) is 1.18. The molecule has 15 heavy (non-hydrogen) atoms. The monoisotopic (exact) mass is 207 g/mol. The summed E-state index contributed by atoms with van der Waals surface area (Å²) in [5.41, 5.74) is -0.218. The van der Waals surface area contributed by atoms with Gasteiger partial charge in [0.25, 0.3) is 5.91 Å². The van der Waals surface area contributed by atoms with Crippen LogP contribution in [0, 0.1) is 12.3 Å². The first-order chi connectivity index (χ1) is 7.17. The van der Waals surface area contributed by atoms with Gasteiger partial charge in [-0.25, -0.2) is 4.79 Å². The third kappa shape index (κ3) is 3.02. The number of terminal acetylenes is 1. The Morgan fingerprint density at radius 3 is 2.93 bits per heavy atom. The summed E-state index contributed by atoms with van der Waals surface area (Å²) < 4.78 is 0. The molecule has 0 saturated carbocycles. The molecule has 1 aromatic rings. The van der Waals surface area contributed by atoms with Gasteiger partial charge in [-0.05, 0) is 6.42 Å². The quantitative estimate of drug-likeness (QED) is 0.618. The molecule has 1 aromatic heterocycles. The van der Waals surface area contributed by atoms with E-state index >= 15 is 0 Å². The van der Waals surface area contributed by atoms with E-state index in [1.165, 1.54) is 6.20 Å². The number of carbonyl (C=O) groups is 1. The molecule has 1 amide bonds. The molecular weight excluding hydrogens is 194 g/mol. The number of aromatic amines is 2. The molecule has 0 aliphatic rings. The van der Waals surface area contributed by atoms with Crippen LogP contribution < -0.4 is 11.0 Å². The van der Waals surface area contributed by atoms with Gasteiger partial charge in [-0.15, -0.1) is 6.42 Å². The van der Waals surface area contributed by atoms with Gasteiger partial charge < -0.3 is 15.3 Å². The van der Waals surface area contributed by atoms with Crippen molar-refractivity contribution in [2.24, 2.45) is 0 Å². The number of carbonyl (C=O) groups excluding carboxylic acids is 1. The minimum Gasteiger partial charge on any atom is -0.337 e. The Balaban J connectivity index is 2.63. The van der Waals surface area contributed by atoms with Crippen molar-refractivity contribution in [3.8, 4) is 12.3 Å². The van der Waals surface area contributed by atoms with Crippen molar-refractivity contribution < 1.29 is 4.79 Å². The fraction of sp³-hybridized carbons (Fsp3) is 0.400. The first-order valence-corrected chi connectivity index (χ1v) is 4.72. The number of hydrogen-bond donors (Lipinski definition) is 3. The number of aromatic nitrogens is 2.